The van der Waals surface area contributed by atoms with Crippen molar-refractivity contribution in [1.29, 1.82) is 0 Å². The van der Waals surface area contributed by atoms with Gasteiger partial charge in [0.25, 0.3) is 0 Å². The molecule has 1 saturated heterocycles. The molecule has 0 unspecified atom stereocenters. The highest BCUT2D eigenvalue weighted by Crippen LogP contribution is 2.22. The first-order valence-electron chi connectivity index (χ1n) is 8.15. The molecule has 1 aromatic rings. The van der Waals surface area contributed by atoms with Crippen molar-refractivity contribution >= 4 is 5.69 Å². The number of anilines is 1. The lowest BCUT2D eigenvalue weighted by Crippen LogP contribution is -3.15. The van der Waals surface area contributed by atoms with Crippen LogP contribution in [0.5, 0.6) is 0 Å². The highest BCUT2D eigenvalue weighted by molar-refractivity contribution is 5.46. The van der Waals surface area contributed by atoms with Crippen LogP contribution in [0.2, 0.25) is 0 Å². The van der Waals surface area contributed by atoms with E-state index in [1.807, 2.05) is 12.1 Å². The van der Waals surface area contributed by atoms with Gasteiger partial charge in [0.1, 0.15) is 5.82 Å². The number of halogens is 1. The van der Waals surface area contributed by atoms with Gasteiger partial charge in [-0.25, -0.2) is 4.39 Å². The number of nitrogens with one attached hydrogen (secondary N) is 1. The molecular formula is C17H26FN2+. The summed E-state index contributed by atoms with van der Waals surface area (Å²) in [4.78, 5) is 4.17. The largest absolute Gasteiger partial charge is 0.360 e. The van der Waals surface area contributed by atoms with E-state index in [0.29, 0.717) is 0 Å². The van der Waals surface area contributed by atoms with Gasteiger partial charge in [0.2, 0.25) is 0 Å². The van der Waals surface area contributed by atoms with Crippen LogP contribution in [0.15, 0.2) is 24.3 Å². The van der Waals surface area contributed by atoms with Crippen LogP contribution in [0.4, 0.5) is 10.1 Å². The van der Waals surface area contributed by atoms with Crippen LogP contribution in [-0.4, -0.2) is 32.7 Å². The standard InChI is InChI=1S/C17H25FN2/c18-16-6-8-17(9-7-16)20-12-10-19(11-13-20)14-15-4-2-1-3-5-15/h6-9,15H,1-5,10-14H2/p+1. The second-order valence-corrected chi connectivity index (χ2v) is 6.42. The molecule has 1 saturated carbocycles. The average molecular weight is 277 g/mol. The van der Waals surface area contributed by atoms with E-state index >= 15 is 0 Å². The van der Waals surface area contributed by atoms with E-state index in [1.165, 1.54) is 57.4 Å². The van der Waals surface area contributed by atoms with Crippen molar-refractivity contribution in [2.45, 2.75) is 32.1 Å². The lowest BCUT2D eigenvalue weighted by atomic mass is 9.89. The van der Waals surface area contributed by atoms with E-state index in [4.69, 9.17) is 0 Å². The predicted octanol–water partition coefficient (Wildman–Crippen LogP) is 2.11. The molecule has 1 heterocycles. The van der Waals surface area contributed by atoms with Gasteiger partial charge >= 0.3 is 0 Å². The molecule has 3 heteroatoms. The van der Waals surface area contributed by atoms with Crippen molar-refractivity contribution in [2.24, 2.45) is 5.92 Å². The van der Waals surface area contributed by atoms with Gasteiger partial charge in [0.05, 0.1) is 32.7 Å². The van der Waals surface area contributed by atoms with E-state index < -0.39 is 0 Å². The summed E-state index contributed by atoms with van der Waals surface area (Å²) >= 11 is 0. The number of nitrogens with zero attached hydrogens (tertiary/aromatic N) is 1. The van der Waals surface area contributed by atoms with Crippen molar-refractivity contribution in [3.05, 3.63) is 30.1 Å². The van der Waals surface area contributed by atoms with Crippen LogP contribution in [0.1, 0.15) is 32.1 Å². The summed E-state index contributed by atoms with van der Waals surface area (Å²) in [6, 6.07) is 6.94. The zero-order valence-corrected chi connectivity index (χ0v) is 12.3. The minimum atomic E-state index is -0.143. The lowest BCUT2D eigenvalue weighted by molar-refractivity contribution is -0.904. The molecular weight excluding hydrogens is 251 g/mol. The average Bonchev–Trinajstić information content (AvgIpc) is 2.50. The molecule has 110 valence electrons. The fourth-order valence-corrected chi connectivity index (χ4v) is 3.74. The Labute approximate surface area is 121 Å². The minimum Gasteiger partial charge on any atom is -0.360 e. The first-order valence-corrected chi connectivity index (χ1v) is 8.15. The minimum absolute atomic E-state index is 0.143. The van der Waals surface area contributed by atoms with Gasteiger partial charge < -0.3 is 9.80 Å². The Morgan fingerprint density at radius 3 is 2.30 bits per heavy atom. The molecule has 1 aromatic carbocycles. The molecule has 0 amide bonds. The van der Waals surface area contributed by atoms with Crippen molar-refractivity contribution in [2.75, 3.05) is 37.6 Å². The summed E-state index contributed by atoms with van der Waals surface area (Å²) < 4.78 is 13.0. The number of hydrogen-bond donors (Lipinski definition) is 1. The fourth-order valence-electron chi connectivity index (χ4n) is 3.74. The van der Waals surface area contributed by atoms with Gasteiger partial charge in [0.15, 0.2) is 0 Å². The van der Waals surface area contributed by atoms with Gasteiger partial charge in [0, 0.05) is 11.6 Å². The molecule has 1 N–H and O–H groups in total. The Morgan fingerprint density at radius 1 is 1.00 bits per heavy atom. The van der Waals surface area contributed by atoms with Gasteiger partial charge in [-0.2, -0.15) is 0 Å². The lowest BCUT2D eigenvalue weighted by Gasteiger charge is -2.35. The van der Waals surface area contributed by atoms with Gasteiger partial charge in [-0.1, -0.05) is 19.3 Å². The van der Waals surface area contributed by atoms with Crippen LogP contribution in [0, 0.1) is 11.7 Å². The Morgan fingerprint density at radius 2 is 1.65 bits per heavy atom. The highest BCUT2D eigenvalue weighted by atomic mass is 19.1. The van der Waals surface area contributed by atoms with E-state index in [0.717, 1.165) is 19.0 Å². The van der Waals surface area contributed by atoms with Crippen LogP contribution in [0.25, 0.3) is 0 Å². The SMILES string of the molecule is Fc1ccc(N2CC[NH+](CC3CCCCC3)CC2)cc1. The summed E-state index contributed by atoms with van der Waals surface area (Å²) in [5.41, 5.74) is 1.17. The van der Waals surface area contributed by atoms with Crippen LogP contribution >= 0.6 is 0 Å². The summed E-state index contributed by atoms with van der Waals surface area (Å²) in [5.74, 6) is 0.825. The van der Waals surface area contributed by atoms with Crippen LogP contribution in [-0.2, 0) is 0 Å². The van der Waals surface area contributed by atoms with Crippen molar-refractivity contribution in [3.63, 3.8) is 0 Å². The zero-order valence-electron chi connectivity index (χ0n) is 12.3. The molecule has 0 aromatic heterocycles. The number of quaternary nitrogens is 1. The molecule has 2 fully saturated rings. The third kappa shape index (κ3) is 3.51. The molecule has 3 rings (SSSR count). The third-order valence-electron chi connectivity index (χ3n) is 4.96. The number of rotatable bonds is 3. The maximum atomic E-state index is 13.0. The van der Waals surface area contributed by atoms with Crippen molar-refractivity contribution in [1.82, 2.24) is 0 Å². The Kier molecular flexibility index (Phi) is 4.56. The molecule has 1 aliphatic carbocycles. The summed E-state index contributed by atoms with van der Waals surface area (Å²) in [6.07, 6.45) is 7.24. The van der Waals surface area contributed by atoms with Crippen molar-refractivity contribution in [3.8, 4) is 0 Å². The highest BCUT2D eigenvalue weighted by Gasteiger charge is 2.24. The predicted molar refractivity (Wildman–Crippen MR) is 80.8 cm³/mol. The smallest absolute Gasteiger partial charge is 0.123 e. The Balaban J connectivity index is 1.47. The van der Waals surface area contributed by atoms with Gasteiger partial charge in [-0.05, 0) is 37.1 Å². The second-order valence-electron chi connectivity index (χ2n) is 6.42. The molecule has 2 aliphatic rings. The van der Waals surface area contributed by atoms with Gasteiger partial charge in [-0.15, -0.1) is 0 Å². The molecule has 2 nitrogen and oxygen atoms in total. The number of benzene rings is 1. The normalized spacial score (nSPS) is 22.1. The maximum absolute atomic E-state index is 13.0. The van der Waals surface area contributed by atoms with E-state index in [2.05, 4.69) is 4.90 Å². The second kappa shape index (κ2) is 6.57. The van der Waals surface area contributed by atoms with E-state index in [-0.39, 0.29) is 5.82 Å². The van der Waals surface area contributed by atoms with Gasteiger partial charge in [-0.3, -0.25) is 0 Å². The van der Waals surface area contributed by atoms with Crippen LogP contribution < -0.4 is 9.80 Å². The first kappa shape index (κ1) is 13.9. The Hall–Kier alpha value is -1.09. The Bertz CT molecular complexity index is 404. The molecule has 0 atom stereocenters. The molecule has 1 aliphatic heterocycles. The third-order valence-corrected chi connectivity index (χ3v) is 4.96. The molecule has 0 bridgehead atoms. The first-order chi connectivity index (χ1) is 9.81. The summed E-state index contributed by atoms with van der Waals surface area (Å²) in [5, 5.41) is 0. The summed E-state index contributed by atoms with van der Waals surface area (Å²) in [6.45, 7) is 6.04. The maximum Gasteiger partial charge on any atom is 0.123 e. The molecule has 0 radical (unpaired) electrons. The fraction of sp³-hybridized carbons (Fsp3) is 0.647. The number of piperazine rings is 1. The zero-order chi connectivity index (χ0) is 13.8. The van der Waals surface area contributed by atoms with Crippen LogP contribution in [0.3, 0.4) is 0 Å². The molecule has 0 spiro atoms. The summed E-state index contributed by atoms with van der Waals surface area (Å²) in [7, 11) is 0. The topological polar surface area (TPSA) is 7.68 Å². The number of hydrogen-bond acceptors (Lipinski definition) is 1. The van der Waals surface area contributed by atoms with E-state index in [1.54, 1.807) is 17.0 Å². The monoisotopic (exact) mass is 277 g/mol. The van der Waals surface area contributed by atoms with E-state index in [9.17, 15) is 4.39 Å². The molecule has 20 heavy (non-hydrogen) atoms. The quantitative estimate of drug-likeness (QED) is 0.889. The van der Waals surface area contributed by atoms with Crippen molar-refractivity contribution < 1.29 is 9.29 Å².